The van der Waals surface area contributed by atoms with Crippen LogP contribution < -0.4 is 10.1 Å². The number of anilines is 1. The molecule has 0 saturated carbocycles. The van der Waals surface area contributed by atoms with Crippen LogP contribution >= 0.6 is 31.9 Å². The van der Waals surface area contributed by atoms with Crippen LogP contribution in [-0.4, -0.2) is 12.5 Å². The SMILES string of the molecule is CCCCCCOc1ccc(Br)cc1C(=O)Nc1ccc(Br)cc1. The van der Waals surface area contributed by atoms with Crippen LogP contribution in [0.25, 0.3) is 0 Å². The first kappa shape index (κ1) is 19.0. The summed E-state index contributed by atoms with van der Waals surface area (Å²) in [5.74, 6) is 0.437. The second-order valence-electron chi connectivity index (χ2n) is 5.51. The van der Waals surface area contributed by atoms with Gasteiger partial charge in [-0.05, 0) is 48.9 Å². The molecule has 128 valence electrons. The van der Waals surface area contributed by atoms with E-state index in [0.717, 1.165) is 27.5 Å². The topological polar surface area (TPSA) is 38.3 Å². The zero-order valence-corrected chi connectivity index (χ0v) is 16.8. The lowest BCUT2D eigenvalue weighted by Crippen LogP contribution is -2.14. The van der Waals surface area contributed by atoms with Crippen molar-refractivity contribution in [1.82, 2.24) is 0 Å². The molecule has 2 rings (SSSR count). The molecule has 0 aromatic heterocycles. The lowest BCUT2D eigenvalue weighted by atomic mass is 10.1. The highest BCUT2D eigenvalue weighted by molar-refractivity contribution is 9.10. The van der Waals surface area contributed by atoms with Crippen molar-refractivity contribution >= 4 is 43.5 Å². The Morgan fingerprint density at radius 1 is 1.00 bits per heavy atom. The molecular weight excluding hydrogens is 434 g/mol. The maximum atomic E-state index is 12.6. The second kappa shape index (κ2) is 9.84. The normalized spacial score (nSPS) is 10.5. The Labute approximate surface area is 160 Å². The number of carbonyl (C=O) groups excluding carboxylic acids is 1. The minimum atomic E-state index is -0.179. The number of nitrogens with one attached hydrogen (secondary N) is 1. The molecule has 1 amide bonds. The van der Waals surface area contributed by atoms with Gasteiger partial charge in [-0.3, -0.25) is 4.79 Å². The molecule has 0 radical (unpaired) electrons. The van der Waals surface area contributed by atoms with Crippen molar-refractivity contribution < 1.29 is 9.53 Å². The third-order valence-corrected chi connectivity index (χ3v) is 4.57. The molecule has 0 atom stereocenters. The molecule has 0 aliphatic carbocycles. The van der Waals surface area contributed by atoms with E-state index in [1.54, 1.807) is 6.07 Å². The molecule has 3 nitrogen and oxygen atoms in total. The summed E-state index contributed by atoms with van der Waals surface area (Å²) in [5, 5.41) is 2.90. The van der Waals surface area contributed by atoms with Gasteiger partial charge in [0, 0.05) is 14.6 Å². The summed E-state index contributed by atoms with van der Waals surface area (Å²) in [6, 6.07) is 13.0. The number of benzene rings is 2. The molecule has 0 saturated heterocycles. The van der Waals surface area contributed by atoms with E-state index in [1.807, 2.05) is 36.4 Å². The second-order valence-corrected chi connectivity index (χ2v) is 7.34. The van der Waals surface area contributed by atoms with Gasteiger partial charge in [0.1, 0.15) is 5.75 Å². The third-order valence-electron chi connectivity index (χ3n) is 3.54. The first-order chi connectivity index (χ1) is 11.6. The van der Waals surface area contributed by atoms with E-state index in [9.17, 15) is 4.79 Å². The van der Waals surface area contributed by atoms with Crippen LogP contribution in [0.3, 0.4) is 0 Å². The van der Waals surface area contributed by atoms with Gasteiger partial charge < -0.3 is 10.1 Å². The van der Waals surface area contributed by atoms with E-state index in [-0.39, 0.29) is 5.91 Å². The largest absolute Gasteiger partial charge is 0.493 e. The highest BCUT2D eigenvalue weighted by atomic mass is 79.9. The maximum absolute atomic E-state index is 12.6. The Bertz CT molecular complexity index is 672. The fraction of sp³-hybridized carbons (Fsp3) is 0.316. The van der Waals surface area contributed by atoms with Crippen LogP contribution in [0.2, 0.25) is 0 Å². The predicted molar refractivity (Wildman–Crippen MR) is 106 cm³/mol. The monoisotopic (exact) mass is 453 g/mol. The number of unbranched alkanes of at least 4 members (excludes halogenated alkanes) is 3. The number of rotatable bonds is 8. The highest BCUT2D eigenvalue weighted by Gasteiger charge is 2.14. The summed E-state index contributed by atoms with van der Waals surface area (Å²) < 4.78 is 7.65. The average Bonchev–Trinajstić information content (AvgIpc) is 2.58. The molecule has 0 fully saturated rings. The summed E-state index contributed by atoms with van der Waals surface area (Å²) in [6.07, 6.45) is 4.55. The van der Waals surface area contributed by atoms with Gasteiger partial charge in [-0.2, -0.15) is 0 Å². The quantitative estimate of drug-likeness (QED) is 0.467. The summed E-state index contributed by atoms with van der Waals surface area (Å²) in [6.45, 7) is 2.81. The molecule has 5 heteroatoms. The van der Waals surface area contributed by atoms with Crippen molar-refractivity contribution in [2.45, 2.75) is 32.6 Å². The lowest BCUT2D eigenvalue weighted by molar-refractivity contribution is 0.102. The summed E-state index contributed by atoms with van der Waals surface area (Å²) >= 11 is 6.81. The first-order valence-corrected chi connectivity index (χ1v) is 9.68. The van der Waals surface area contributed by atoms with Crippen molar-refractivity contribution in [3.63, 3.8) is 0 Å². The Kier molecular flexibility index (Phi) is 7.79. The van der Waals surface area contributed by atoms with E-state index in [4.69, 9.17) is 4.74 Å². The highest BCUT2D eigenvalue weighted by Crippen LogP contribution is 2.25. The Morgan fingerprint density at radius 2 is 1.71 bits per heavy atom. The third kappa shape index (κ3) is 5.95. The van der Waals surface area contributed by atoms with E-state index in [1.165, 1.54) is 12.8 Å². The smallest absolute Gasteiger partial charge is 0.259 e. The predicted octanol–water partition coefficient (Wildman–Crippen LogP) is 6.42. The van der Waals surface area contributed by atoms with E-state index < -0.39 is 0 Å². The van der Waals surface area contributed by atoms with Gasteiger partial charge in [0.15, 0.2) is 0 Å². The zero-order valence-electron chi connectivity index (χ0n) is 13.6. The van der Waals surface area contributed by atoms with Crippen LogP contribution in [0.4, 0.5) is 5.69 Å². The van der Waals surface area contributed by atoms with Gasteiger partial charge in [-0.25, -0.2) is 0 Å². The molecule has 2 aromatic rings. The Morgan fingerprint density at radius 3 is 2.42 bits per heavy atom. The van der Waals surface area contributed by atoms with Gasteiger partial charge in [-0.1, -0.05) is 58.0 Å². The molecule has 1 N–H and O–H groups in total. The van der Waals surface area contributed by atoms with Crippen molar-refractivity contribution in [3.05, 3.63) is 57.0 Å². The molecule has 0 unspecified atom stereocenters. The molecular formula is C19H21Br2NO2. The maximum Gasteiger partial charge on any atom is 0.259 e. The standard InChI is InChI=1S/C19H21Br2NO2/c1-2-3-4-5-12-24-18-11-8-15(21)13-17(18)19(23)22-16-9-6-14(20)7-10-16/h6-11,13H,2-5,12H2,1H3,(H,22,23). The van der Waals surface area contributed by atoms with Crippen molar-refractivity contribution in [1.29, 1.82) is 0 Å². The fourth-order valence-corrected chi connectivity index (χ4v) is 2.87. The molecule has 0 aliphatic heterocycles. The summed E-state index contributed by atoms with van der Waals surface area (Å²) in [4.78, 5) is 12.6. The summed E-state index contributed by atoms with van der Waals surface area (Å²) in [5.41, 5.74) is 1.28. The molecule has 0 spiro atoms. The number of carbonyl (C=O) groups is 1. The molecule has 2 aromatic carbocycles. The molecule has 0 aliphatic rings. The molecule has 0 bridgehead atoms. The molecule has 24 heavy (non-hydrogen) atoms. The fourth-order valence-electron chi connectivity index (χ4n) is 2.25. The van der Waals surface area contributed by atoms with Gasteiger partial charge in [0.2, 0.25) is 0 Å². The van der Waals surface area contributed by atoms with Crippen molar-refractivity contribution in [3.8, 4) is 5.75 Å². The number of hydrogen-bond acceptors (Lipinski definition) is 2. The Hall–Kier alpha value is -1.33. The average molecular weight is 455 g/mol. The van der Waals surface area contributed by atoms with Gasteiger partial charge >= 0.3 is 0 Å². The van der Waals surface area contributed by atoms with Gasteiger partial charge in [-0.15, -0.1) is 0 Å². The lowest BCUT2D eigenvalue weighted by Gasteiger charge is -2.12. The van der Waals surface area contributed by atoms with E-state index in [0.29, 0.717) is 17.9 Å². The van der Waals surface area contributed by atoms with Crippen molar-refractivity contribution in [2.24, 2.45) is 0 Å². The zero-order chi connectivity index (χ0) is 17.4. The van der Waals surface area contributed by atoms with Gasteiger partial charge in [0.25, 0.3) is 5.91 Å². The van der Waals surface area contributed by atoms with Crippen LogP contribution in [-0.2, 0) is 0 Å². The number of halogens is 2. The number of amides is 1. The molecule has 0 heterocycles. The van der Waals surface area contributed by atoms with E-state index >= 15 is 0 Å². The van der Waals surface area contributed by atoms with Crippen LogP contribution in [0.1, 0.15) is 43.0 Å². The number of hydrogen-bond donors (Lipinski definition) is 1. The van der Waals surface area contributed by atoms with Gasteiger partial charge in [0.05, 0.1) is 12.2 Å². The first-order valence-electron chi connectivity index (χ1n) is 8.09. The minimum absolute atomic E-state index is 0.179. The minimum Gasteiger partial charge on any atom is -0.493 e. The van der Waals surface area contributed by atoms with Crippen molar-refractivity contribution in [2.75, 3.05) is 11.9 Å². The number of ether oxygens (including phenoxy) is 1. The Balaban J connectivity index is 2.05. The van der Waals surface area contributed by atoms with Crippen LogP contribution in [0.5, 0.6) is 5.75 Å². The van der Waals surface area contributed by atoms with Crippen LogP contribution in [0.15, 0.2) is 51.4 Å². The van der Waals surface area contributed by atoms with E-state index in [2.05, 4.69) is 44.1 Å². The summed E-state index contributed by atoms with van der Waals surface area (Å²) in [7, 11) is 0. The van der Waals surface area contributed by atoms with Crippen LogP contribution in [0, 0.1) is 0 Å².